The molecule has 1 aromatic carbocycles. The Hall–Kier alpha value is -2.01. The van der Waals surface area contributed by atoms with E-state index >= 15 is 0 Å². The van der Waals surface area contributed by atoms with Gasteiger partial charge in [-0.15, -0.1) is 0 Å². The number of amides is 1. The molecule has 0 spiro atoms. The number of hydrogen-bond donors (Lipinski definition) is 1. The van der Waals surface area contributed by atoms with Crippen LogP contribution < -0.4 is 10.2 Å². The summed E-state index contributed by atoms with van der Waals surface area (Å²) in [6.07, 6.45) is 0.230. The van der Waals surface area contributed by atoms with Crippen LogP contribution in [0.4, 0.5) is 11.4 Å². The number of rotatable bonds is 4. The molecule has 21 heavy (non-hydrogen) atoms. The van der Waals surface area contributed by atoms with Gasteiger partial charge in [-0.1, -0.05) is 16.8 Å². The van der Waals surface area contributed by atoms with Crippen LogP contribution in [0.2, 0.25) is 5.02 Å². The quantitative estimate of drug-likeness (QED) is 0.942. The molecule has 0 aliphatic rings. The van der Waals surface area contributed by atoms with Crippen molar-refractivity contribution in [1.82, 2.24) is 5.16 Å². The molecule has 1 N–H and O–H groups in total. The number of benzene rings is 1. The van der Waals surface area contributed by atoms with E-state index in [0.29, 0.717) is 16.5 Å². The van der Waals surface area contributed by atoms with Gasteiger partial charge in [0.15, 0.2) is 0 Å². The molecule has 2 rings (SSSR count). The maximum atomic E-state index is 12.1. The van der Waals surface area contributed by atoms with E-state index in [-0.39, 0.29) is 12.3 Å². The first-order valence-corrected chi connectivity index (χ1v) is 6.94. The Balaban J connectivity index is 2.08. The number of carbonyl (C=O) groups excluding carboxylic acids is 1. The Morgan fingerprint density at radius 2 is 2.10 bits per heavy atom. The average Bonchev–Trinajstić information content (AvgIpc) is 2.70. The lowest BCUT2D eigenvalue weighted by Crippen LogP contribution is -2.15. The van der Waals surface area contributed by atoms with Gasteiger partial charge < -0.3 is 14.7 Å². The lowest BCUT2D eigenvalue weighted by atomic mass is 10.1. The van der Waals surface area contributed by atoms with Crippen molar-refractivity contribution in [1.29, 1.82) is 0 Å². The van der Waals surface area contributed by atoms with Crippen LogP contribution in [0, 0.1) is 13.8 Å². The van der Waals surface area contributed by atoms with Crippen molar-refractivity contribution in [2.75, 3.05) is 24.3 Å². The standard InChI is InChI=1S/C15H18ClN3O2/c1-9-12(10(2)21-18-9)8-15(20)17-11-5-6-14(19(3)4)13(16)7-11/h5-7H,8H2,1-4H3,(H,17,20). The van der Waals surface area contributed by atoms with Gasteiger partial charge in [-0.05, 0) is 32.0 Å². The zero-order chi connectivity index (χ0) is 15.6. The summed E-state index contributed by atoms with van der Waals surface area (Å²) in [6, 6.07) is 5.43. The molecule has 1 heterocycles. The third kappa shape index (κ3) is 3.55. The average molecular weight is 308 g/mol. The molecule has 0 saturated heterocycles. The van der Waals surface area contributed by atoms with Gasteiger partial charge in [-0.2, -0.15) is 0 Å². The van der Waals surface area contributed by atoms with E-state index in [2.05, 4.69) is 10.5 Å². The van der Waals surface area contributed by atoms with Gasteiger partial charge >= 0.3 is 0 Å². The van der Waals surface area contributed by atoms with Crippen LogP contribution in [0.15, 0.2) is 22.7 Å². The van der Waals surface area contributed by atoms with Gasteiger partial charge in [0.2, 0.25) is 5.91 Å². The van der Waals surface area contributed by atoms with Gasteiger partial charge in [0.05, 0.1) is 22.8 Å². The highest BCUT2D eigenvalue weighted by atomic mass is 35.5. The second kappa shape index (κ2) is 6.18. The predicted octanol–water partition coefficient (Wildman–Crippen LogP) is 3.19. The number of anilines is 2. The zero-order valence-electron chi connectivity index (χ0n) is 12.5. The van der Waals surface area contributed by atoms with Crippen molar-refractivity contribution in [2.24, 2.45) is 0 Å². The van der Waals surface area contributed by atoms with Gasteiger partial charge in [-0.3, -0.25) is 4.79 Å². The number of nitrogens with zero attached hydrogens (tertiary/aromatic N) is 2. The highest BCUT2D eigenvalue weighted by Crippen LogP contribution is 2.27. The minimum absolute atomic E-state index is 0.127. The molecular formula is C15H18ClN3O2. The molecule has 0 radical (unpaired) electrons. The van der Waals surface area contributed by atoms with Crippen molar-refractivity contribution in [3.05, 3.63) is 40.2 Å². The Kier molecular flexibility index (Phi) is 4.53. The Labute approximate surface area is 128 Å². The Bertz CT molecular complexity index is 645. The van der Waals surface area contributed by atoms with Crippen molar-refractivity contribution in [3.8, 4) is 0 Å². The first kappa shape index (κ1) is 15.4. The molecule has 0 atom stereocenters. The Morgan fingerprint density at radius 3 is 2.62 bits per heavy atom. The fraction of sp³-hybridized carbons (Fsp3) is 0.333. The topological polar surface area (TPSA) is 58.4 Å². The number of carbonyl (C=O) groups is 1. The highest BCUT2D eigenvalue weighted by Gasteiger charge is 2.14. The highest BCUT2D eigenvalue weighted by molar-refractivity contribution is 6.33. The monoisotopic (exact) mass is 307 g/mol. The molecule has 0 aliphatic carbocycles. The van der Waals surface area contributed by atoms with Gasteiger partial charge in [0.1, 0.15) is 5.76 Å². The zero-order valence-corrected chi connectivity index (χ0v) is 13.3. The van der Waals surface area contributed by atoms with Crippen molar-refractivity contribution < 1.29 is 9.32 Å². The molecular weight excluding hydrogens is 290 g/mol. The second-order valence-corrected chi connectivity index (χ2v) is 5.50. The summed E-state index contributed by atoms with van der Waals surface area (Å²) in [4.78, 5) is 14.0. The SMILES string of the molecule is Cc1noc(C)c1CC(=O)Nc1ccc(N(C)C)c(Cl)c1. The van der Waals surface area contributed by atoms with E-state index in [0.717, 1.165) is 16.9 Å². The van der Waals surface area contributed by atoms with Crippen LogP contribution in [0.1, 0.15) is 17.0 Å². The van der Waals surface area contributed by atoms with Gasteiger partial charge in [0.25, 0.3) is 0 Å². The van der Waals surface area contributed by atoms with Crippen molar-refractivity contribution in [2.45, 2.75) is 20.3 Å². The molecule has 0 fully saturated rings. The van der Waals surface area contributed by atoms with E-state index in [1.165, 1.54) is 0 Å². The van der Waals surface area contributed by atoms with E-state index in [1.807, 2.05) is 38.1 Å². The Morgan fingerprint density at radius 1 is 1.38 bits per heavy atom. The van der Waals surface area contributed by atoms with E-state index in [9.17, 15) is 4.79 Å². The van der Waals surface area contributed by atoms with E-state index in [4.69, 9.17) is 16.1 Å². The molecule has 0 bridgehead atoms. The maximum Gasteiger partial charge on any atom is 0.229 e. The molecule has 1 amide bonds. The summed E-state index contributed by atoms with van der Waals surface area (Å²) in [7, 11) is 3.83. The smallest absolute Gasteiger partial charge is 0.229 e. The van der Waals surface area contributed by atoms with Crippen molar-refractivity contribution >= 4 is 28.9 Å². The predicted molar refractivity (Wildman–Crippen MR) is 84.1 cm³/mol. The first-order chi connectivity index (χ1) is 9.88. The molecule has 6 heteroatoms. The van der Waals surface area contributed by atoms with E-state index in [1.54, 1.807) is 13.0 Å². The molecule has 5 nitrogen and oxygen atoms in total. The number of halogens is 1. The normalized spacial score (nSPS) is 10.5. The van der Waals surface area contributed by atoms with Crippen LogP contribution in [-0.2, 0) is 11.2 Å². The lowest BCUT2D eigenvalue weighted by Gasteiger charge is -2.15. The molecule has 1 aromatic heterocycles. The molecule has 112 valence electrons. The summed E-state index contributed by atoms with van der Waals surface area (Å²) in [5.41, 5.74) is 3.13. The fourth-order valence-corrected chi connectivity index (χ4v) is 2.42. The largest absolute Gasteiger partial charge is 0.376 e. The van der Waals surface area contributed by atoms with Crippen LogP contribution in [-0.4, -0.2) is 25.2 Å². The molecule has 0 aliphatic heterocycles. The molecule has 0 saturated carbocycles. The number of aryl methyl sites for hydroxylation is 2. The fourth-order valence-electron chi connectivity index (χ4n) is 2.07. The third-order valence-corrected chi connectivity index (χ3v) is 3.53. The second-order valence-electron chi connectivity index (χ2n) is 5.09. The number of nitrogens with one attached hydrogen (secondary N) is 1. The van der Waals surface area contributed by atoms with Crippen LogP contribution in [0.5, 0.6) is 0 Å². The first-order valence-electron chi connectivity index (χ1n) is 6.57. The van der Waals surface area contributed by atoms with E-state index < -0.39 is 0 Å². The summed E-state index contributed by atoms with van der Waals surface area (Å²) < 4.78 is 5.05. The number of hydrogen-bond acceptors (Lipinski definition) is 4. The van der Waals surface area contributed by atoms with Crippen molar-refractivity contribution in [3.63, 3.8) is 0 Å². The lowest BCUT2D eigenvalue weighted by molar-refractivity contribution is -0.115. The van der Waals surface area contributed by atoms with Gasteiger partial charge in [-0.25, -0.2) is 0 Å². The minimum Gasteiger partial charge on any atom is -0.376 e. The number of aromatic nitrogens is 1. The third-order valence-electron chi connectivity index (χ3n) is 3.23. The molecule has 0 unspecified atom stereocenters. The summed E-state index contributed by atoms with van der Waals surface area (Å²) in [5.74, 6) is 0.543. The summed E-state index contributed by atoms with van der Waals surface area (Å²) in [6.45, 7) is 3.62. The van der Waals surface area contributed by atoms with Crippen LogP contribution in [0.25, 0.3) is 0 Å². The van der Waals surface area contributed by atoms with Crippen LogP contribution >= 0.6 is 11.6 Å². The maximum absolute atomic E-state index is 12.1. The summed E-state index contributed by atoms with van der Waals surface area (Å²) in [5, 5.41) is 7.26. The van der Waals surface area contributed by atoms with Gasteiger partial charge in [0, 0.05) is 25.3 Å². The minimum atomic E-state index is -0.127. The summed E-state index contributed by atoms with van der Waals surface area (Å²) >= 11 is 6.18. The molecule has 2 aromatic rings. The van der Waals surface area contributed by atoms with Crippen LogP contribution in [0.3, 0.4) is 0 Å².